The number of nitrogens with zero attached hydrogens (tertiary/aromatic N) is 4. The third kappa shape index (κ3) is 4.54. The van der Waals surface area contributed by atoms with Gasteiger partial charge in [0, 0.05) is 53.6 Å². The molecule has 1 saturated carbocycles. The van der Waals surface area contributed by atoms with Crippen LogP contribution in [0.1, 0.15) is 41.7 Å². The number of hydrogen-bond acceptors (Lipinski definition) is 6. The van der Waals surface area contributed by atoms with Crippen molar-refractivity contribution in [3.05, 3.63) is 53.1 Å². The number of ether oxygens (including phenoxy) is 1. The van der Waals surface area contributed by atoms with Gasteiger partial charge >= 0.3 is 0 Å². The van der Waals surface area contributed by atoms with Gasteiger partial charge in [0.1, 0.15) is 11.7 Å². The van der Waals surface area contributed by atoms with Crippen LogP contribution >= 0.6 is 0 Å². The summed E-state index contributed by atoms with van der Waals surface area (Å²) in [5.74, 6) is 0.124. The van der Waals surface area contributed by atoms with Crippen molar-refractivity contribution in [1.29, 1.82) is 0 Å². The summed E-state index contributed by atoms with van der Waals surface area (Å²) in [6, 6.07) is 2.99. The van der Waals surface area contributed by atoms with Gasteiger partial charge in [0.25, 0.3) is 6.43 Å². The molecule has 0 aromatic carbocycles. The number of carbonyl (C=O) groups is 1. The zero-order valence-corrected chi connectivity index (χ0v) is 17.6. The third-order valence-electron chi connectivity index (χ3n) is 5.17. The average Bonchev–Trinajstić information content (AvgIpc) is 3.60. The molecule has 1 aliphatic carbocycles. The molecule has 1 fully saturated rings. The number of alkyl halides is 2. The molecule has 8 nitrogen and oxygen atoms in total. The number of halogens is 2. The minimum Gasteiger partial charge on any atom is -0.383 e. The van der Waals surface area contributed by atoms with Crippen LogP contribution in [0.15, 0.2) is 35.7 Å². The van der Waals surface area contributed by atoms with Gasteiger partial charge in [-0.05, 0) is 37.5 Å². The summed E-state index contributed by atoms with van der Waals surface area (Å²) in [6.07, 6.45) is 3.49. The monoisotopic (exact) mass is 440 g/mol. The van der Waals surface area contributed by atoms with Crippen LogP contribution in [0.5, 0.6) is 0 Å². The Labute approximate surface area is 182 Å². The molecule has 0 atom stereocenters. The van der Waals surface area contributed by atoms with Crippen molar-refractivity contribution in [2.45, 2.75) is 32.8 Å². The molecular weight excluding hydrogens is 418 g/mol. The number of pyridine rings is 3. The predicted octanol–water partition coefficient (Wildman–Crippen LogP) is 3.80. The van der Waals surface area contributed by atoms with E-state index in [9.17, 15) is 13.6 Å². The summed E-state index contributed by atoms with van der Waals surface area (Å²) < 4.78 is 32.2. The molecule has 0 unspecified atom stereocenters. The number of aromatic nitrogens is 3. The van der Waals surface area contributed by atoms with Crippen molar-refractivity contribution in [3.63, 3.8) is 0 Å². The van der Waals surface area contributed by atoms with Gasteiger partial charge in [-0.2, -0.15) is 0 Å². The Bertz CT molecular complexity index is 1210. The molecule has 0 saturated heterocycles. The molecule has 0 spiro atoms. The summed E-state index contributed by atoms with van der Waals surface area (Å²) in [5.41, 5.74) is 7.51. The molecule has 0 bridgehead atoms. The second-order valence-corrected chi connectivity index (χ2v) is 7.62. The smallest absolute Gasteiger partial charge is 0.267 e. The molecule has 32 heavy (non-hydrogen) atoms. The minimum absolute atomic E-state index is 0.0256. The Morgan fingerprint density at radius 2 is 2.00 bits per heavy atom. The average molecular weight is 440 g/mol. The van der Waals surface area contributed by atoms with Crippen LogP contribution in [0.3, 0.4) is 0 Å². The first kappa shape index (κ1) is 21.7. The fraction of sp³-hybridized carbons (Fsp3) is 0.318. The lowest BCUT2D eigenvalue weighted by Crippen LogP contribution is -2.16. The van der Waals surface area contributed by atoms with Crippen molar-refractivity contribution in [3.8, 4) is 0 Å². The zero-order valence-electron chi connectivity index (χ0n) is 17.6. The number of amides is 1. The van der Waals surface area contributed by atoms with E-state index >= 15 is 0 Å². The maximum atomic E-state index is 13.6. The molecule has 1 amide bonds. The first-order valence-electron chi connectivity index (χ1n) is 10.0. The summed E-state index contributed by atoms with van der Waals surface area (Å²) in [5, 5.41) is 4.16. The molecule has 3 aromatic heterocycles. The second kappa shape index (κ2) is 8.91. The Kier molecular flexibility index (Phi) is 6.04. The first-order chi connectivity index (χ1) is 15.4. The second-order valence-electron chi connectivity index (χ2n) is 7.62. The predicted molar refractivity (Wildman–Crippen MR) is 116 cm³/mol. The Balaban J connectivity index is 1.75. The fourth-order valence-corrected chi connectivity index (χ4v) is 3.31. The molecule has 1 aliphatic rings. The van der Waals surface area contributed by atoms with E-state index in [-0.39, 0.29) is 35.6 Å². The van der Waals surface area contributed by atoms with Crippen LogP contribution < -0.4 is 11.1 Å². The van der Waals surface area contributed by atoms with Crippen molar-refractivity contribution < 1.29 is 18.3 Å². The summed E-state index contributed by atoms with van der Waals surface area (Å²) >= 11 is 0. The highest BCUT2D eigenvalue weighted by Crippen LogP contribution is 2.31. The number of amidine groups is 1. The molecular formula is C22H22F2N6O2. The van der Waals surface area contributed by atoms with Gasteiger partial charge in [-0.25, -0.2) is 23.7 Å². The van der Waals surface area contributed by atoms with Gasteiger partial charge in [0.15, 0.2) is 5.82 Å². The number of hydrogen-bond donors (Lipinski definition) is 2. The highest BCUT2D eigenvalue weighted by molar-refractivity contribution is 6.10. The van der Waals surface area contributed by atoms with Crippen LogP contribution in [0.2, 0.25) is 0 Å². The van der Waals surface area contributed by atoms with Gasteiger partial charge in [0.05, 0.1) is 12.2 Å². The fourth-order valence-electron chi connectivity index (χ4n) is 3.31. The lowest BCUT2D eigenvalue weighted by atomic mass is 10.1. The number of carbonyl (C=O) groups excluding carboxylic acids is 1. The minimum atomic E-state index is -2.79. The molecule has 0 aliphatic heterocycles. The number of anilines is 1. The Morgan fingerprint density at radius 3 is 2.69 bits per heavy atom. The molecule has 4 rings (SSSR count). The highest BCUT2D eigenvalue weighted by Gasteiger charge is 2.29. The van der Waals surface area contributed by atoms with Gasteiger partial charge in [-0.15, -0.1) is 0 Å². The van der Waals surface area contributed by atoms with Crippen LogP contribution in [-0.4, -0.2) is 33.8 Å². The number of aliphatic imine (C=N–C) groups is 1. The van der Waals surface area contributed by atoms with E-state index in [1.54, 1.807) is 12.3 Å². The van der Waals surface area contributed by atoms with Crippen molar-refractivity contribution in [2.24, 2.45) is 16.6 Å². The van der Waals surface area contributed by atoms with Crippen molar-refractivity contribution >= 4 is 34.2 Å². The number of nitrogens with one attached hydrogen (secondary N) is 1. The zero-order chi connectivity index (χ0) is 22.8. The molecule has 3 N–H and O–H groups in total. The number of fused-ring (bicyclic) bond motifs is 1. The SMILES string of the molecule is COCc1cnc(/N=C(\N)c2cnc(C)c3cnc(NC(=O)C4CC4)cc23)c(C(F)F)c1. The van der Waals surface area contributed by atoms with Crippen molar-refractivity contribution in [2.75, 3.05) is 12.4 Å². The Hall–Kier alpha value is -3.53. The number of rotatable bonds is 7. The van der Waals surface area contributed by atoms with Gasteiger partial charge in [-0.1, -0.05) is 0 Å². The number of nitrogens with two attached hydrogens (primary N) is 1. The first-order valence-corrected chi connectivity index (χ1v) is 10.0. The van der Waals surface area contributed by atoms with Crippen LogP contribution in [-0.2, 0) is 16.1 Å². The van der Waals surface area contributed by atoms with Crippen LogP contribution in [0.25, 0.3) is 10.8 Å². The lowest BCUT2D eigenvalue weighted by molar-refractivity contribution is -0.117. The maximum absolute atomic E-state index is 13.6. The van der Waals surface area contributed by atoms with Crippen LogP contribution in [0, 0.1) is 12.8 Å². The summed E-state index contributed by atoms with van der Waals surface area (Å²) in [4.78, 5) is 28.9. The normalized spacial score (nSPS) is 14.2. The van der Waals surface area contributed by atoms with Crippen molar-refractivity contribution in [1.82, 2.24) is 15.0 Å². The highest BCUT2D eigenvalue weighted by atomic mass is 19.3. The quantitative estimate of drug-likeness (QED) is 0.427. The largest absolute Gasteiger partial charge is 0.383 e. The van der Waals surface area contributed by atoms with E-state index in [1.165, 1.54) is 25.6 Å². The van der Waals surface area contributed by atoms with E-state index in [2.05, 4.69) is 25.3 Å². The van der Waals surface area contributed by atoms with E-state index in [0.29, 0.717) is 33.4 Å². The van der Waals surface area contributed by atoms with Gasteiger partial charge in [-0.3, -0.25) is 9.78 Å². The lowest BCUT2D eigenvalue weighted by Gasteiger charge is -2.11. The van der Waals surface area contributed by atoms with E-state index in [1.807, 2.05) is 6.92 Å². The Morgan fingerprint density at radius 1 is 1.22 bits per heavy atom. The third-order valence-corrected chi connectivity index (χ3v) is 5.17. The van der Waals surface area contributed by atoms with E-state index in [0.717, 1.165) is 12.8 Å². The van der Waals surface area contributed by atoms with E-state index in [4.69, 9.17) is 10.5 Å². The number of aryl methyl sites for hydroxylation is 1. The molecule has 0 radical (unpaired) electrons. The topological polar surface area (TPSA) is 115 Å². The summed E-state index contributed by atoms with van der Waals surface area (Å²) in [6.45, 7) is 1.97. The molecule has 3 aromatic rings. The molecule has 10 heteroatoms. The van der Waals surface area contributed by atoms with Gasteiger partial charge in [0.2, 0.25) is 5.91 Å². The summed E-state index contributed by atoms with van der Waals surface area (Å²) in [7, 11) is 1.47. The van der Waals surface area contributed by atoms with E-state index < -0.39 is 6.43 Å². The standard InChI is InChI=1S/C22H22F2N6O2/c1-11-16-8-27-18(29-22(31)13-3-4-13)6-14(16)17(9-26-11)20(25)30-21-15(19(23)24)5-12(7-28-21)10-32-2/h5-9,13,19H,3-4,10H2,1-2H3,(H2,25,28,30)(H,27,29,31). The number of methoxy groups -OCH3 is 1. The molecule has 3 heterocycles. The maximum Gasteiger partial charge on any atom is 0.267 e. The van der Waals surface area contributed by atoms with Crippen LogP contribution in [0.4, 0.5) is 20.4 Å². The van der Waals surface area contributed by atoms with Gasteiger partial charge < -0.3 is 15.8 Å². The molecule has 166 valence electrons.